The van der Waals surface area contributed by atoms with Gasteiger partial charge in [0.2, 0.25) is 23.1 Å². The first-order valence-electron chi connectivity index (χ1n) is 7.64. The topological polar surface area (TPSA) is 113 Å². The summed E-state index contributed by atoms with van der Waals surface area (Å²) in [5.74, 6) is -4.43. The second-order valence-corrected chi connectivity index (χ2v) is 5.36. The maximum absolute atomic E-state index is 12.4. The van der Waals surface area contributed by atoms with Crippen molar-refractivity contribution in [1.29, 1.82) is 0 Å². The highest BCUT2D eigenvalue weighted by molar-refractivity contribution is 5.96. The Bertz CT molecular complexity index is 857. The minimum atomic E-state index is -1.06. The molecule has 0 unspecified atom stereocenters. The Balaban J connectivity index is 2.57. The number of esters is 1. The summed E-state index contributed by atoms with van der Waals surface area (Å²) in [5.41, 5.74) is 0.695. The molecule has 0 aromatic heterocycles. The number of hydrogen-bond acceptors (Lipinski definition) is 7. The Hall–Kier alpha value is -3.48. The number of Topliss-reactive ketones (excluding diaryl/α,β-unsaturated/α-hetero) is 1. The molecule has 1 aliphatic heterocycles. The molecule has 1 aromatic rings. The first-order chi connectivity index (χ1) is 12.3. The molecule has 0 bridgehead atoms. The number of cyclic esters (lactones) is 1. The SMILES string of the molecule is COc1ccc2c(c1)/C=C\C=C/CC(=O)/C(O)=C(O)\C(O)=C(\C)OC2=O. The summed E-state index contributed by atoms with van der Waals surface area (Å²) in [7, 11) is 1.49. The van der Waals surface area contributed by atoms with Gasteiger partial charge in [-0.15, -0.1) is 0 Å². The van der Waals surface area contributed by atoms with Crippen molar-refractivity contribution in [3.05, 3.63) is 70.6 Å². The molecule has 0 fully saturated rings. The predicted molar refractivity (Wildman–Crippen MR) is 93.8 cm³/mol. The molecular weight excluding hydrogens is 340 g/mol. The van der Waals surface area contributed by atoms with Gasteiger partial charge in [0.1, 0.15) is 5.75 Å². The van der Waals surface area contributed by atoms with E-state index in [2.05, 4.69) is 0 Å². The van der Waals surface area contributed by atoms with E-state index in [1.54, 1.807) is 30.4 Å². The molecule has 0 atom stereocenters. The number of ether oxygens (including phenoxy) is 2. The highest BCUT2D eigenvalue weighted by Crippen LogP contribution is 2.22. The van der Waals surface area contributed by atoms with Gasteiger partial charge < -0.3 is 24.8 Å². The van der Waals surface area contributed by atoms with Gasteiger partial charge in [0.15, 0.2) is 5.76 Å². The fraction of sp³-hybridized carbons (Fsp3) is 0.158. The minimum Gasteiger partial charge on any atom is -0.502 e. The number of aliphatic hydroxyl groups is 3. The summed E-state index contributed by atoms with van der Waals surface area (Å²) >= 11 is 0. The molecule has 1 aliphatic rings. The number of hydrogen-bond donors (Lipinski definition) is 3. The summed E-state index contributed by atoms with van der Waals surface area (Å²) < 4.78 is 10.2. The Morgan fingerprint density at radius 2 is 1.77 bits per heavy atom. The Morgan fingerprint density at radius 1 is 1.04 bits per heavy atom. The monoisotopic (exact) mass is 358 g/mol. The first-order valence-corrected chi connectivity index (χ1v) is 7.64. The van der Waals surface area contributed by atoms with Gasteiger partial charge in [-0.05, 0) is 30.7 Å². The molecule has 0 aliphatic carbocycles. The van der Waals surface area contributed by atoms with E-state index in [1.807, 2.05) is 0 Å². The Labute approximate surface area is 149 Å². The van der Waals surface area contributed by atoms with E-state index in [9.17, 15) is 24.9 Å². The molecule has 1 heterocycles. The lowest BCUT2D eigenvalue weighted by atomic mass is 10.1. The third-order valence-corrected chi connectivity index (χ3v) is 3.60. The third-order valence-electron chi connectivity index (χ3n) is 3.60. The molecule has 7 heteroatoms. The van der Waals surface area contributed by atoms with E-state index in [-0.39, 0.29) is 17.7 Å². The summed E-state index contributed by atoms with van der Waals surface area (Å²) in [6, 6.07) is 4.70. The van der Waals surface area contributed by atoms with Crippen molar-refractivity contribution in [3.63, 3.8) is 0 Å². The number of rotatable bonds is 1. The van der Waals surface area contributed by atoms with Crippen LogP contribution in [-0.2, 0) is 9.53 Å². The minimum absolute atomic E-state index is 0.197. The Kier molecular flexibility index (Phi) is 5.85. The zero-order valence-corrected chi connectivity index (χ0v) is 14.2. The van der Waals surface area contributed by atoms with Crippen molar-refractivity contribution in [2.45, 2.75) is 13.3 Å². The summed E-state index contributed by atoms with van der Waals surface area (Å²) in [6.45, 7) is 1.21. The lowest BCUT2D eigenvalue weighted by molar-refractivity contribution is -0.117. The number of aliphatic hydroxyl groups excluding tert-OH is 3. The van der Waals surface area contributed by atoms with Crippen molar-refractivity contribution in [3.8, 4) is 5.75 Å². The van der Waals surface area contributed by atoms with E-state index < -0.39 is 29.0 Å². The van der Waals surface area contributed by atoms with Crippen molar-refractivity contribution in [1.82, 2.24) is 0 Å². The van der Waals surface area contributed by atoms with E-state index in [1.165, 1.54) is 26.2 Å². The molecule has 26 heavy (non-hydrogen) atoms. The van der Waals surface area contributed by atoms with Crippen LogP contribution in [0, 0.1) is 0 Å². The highest BCUT2D eigenvalue weighted by Gasteiger charge is 2.21. The lowest BCUT2D eigenvalue weighted by Gasteiger charge is -2.11. The van der Waals surface area contributed by atoms with Crippen LogP contribution < -0.4 is 4.74 Å². The van der Waals surface area contributed by atoms with Gasteiger partial charge in [0.25, 0.3) is 0 Å². The van der Waals surface area contributed by atoms with Crippen LogP contribution in [0.3, 0.4) is 0 Å². The van der Waals surface area contributed by atoms with Crippen LogP contribution in [-0.4, -0.2) is 34.2 Å². The number of methoxy groups -OCH3 is 1. The zero-order valence-electron chi connectivity index (χ0n) is 14.2. The lowest BCUT2D eigenvalue weighted by Crippen LogP contribution is -2.11. The van der Waals surface area contributed by atoms with E-state index >= 15 is 0 Å². The number of benzene rings is 1. The average Bonchev–Trinajstić information content (AvgIpc) is 2.64. The van der Waals surface area contributed by atoms with Crippen molar-refractivity contribution in [2.75, 3.05) is 7.11 Å². The van der Waals surface area contributed by atoms with Crippen LogP contribution in [0.25, 0.3) is 6.08 Å². The number of carbonyl (C=O) groups is 2. The van der Waals surface area contributed by atoms with Gasteiger partial charge in [-0.3, -0.25) is 4.79 Å². The van der Waals surface area contributed by atoms with E-state index in [0.717, 1.165) is 0 Å². The summed E-state index contributed by atoms with van der Waals surface area (Å²) in [6.07, 6.45) is 6.03. The van der Waals surface area contributed by atoms with Gasteiger partial charge in [-0.2, -0.15) is 0 Å². The smallest absolute Gasteiger partial charge is 0.343 e. The molecule has 3 N–H and O–H groups in total. The molecular formula is C19H18O7. The maximum atomic E-state index is 12.4. The quantitative estimate of drug-likeness (QED) is 0.658. The molecule has 0 spiro atoms. The summed E-state index contributed by atoms with van der Waals surface area (Å²) in [4.78, 5) is 24.2. The number of ketones is 1. The Morgan fingerprint density at radius 3 is 2.46 bits per heavy atom. The van der Waals surface area contributed by atoms with Gasteiger partial charge in [-0.25, -0.2) is 4.79 Å². The van der Waals surface area contributed by atoms with Crippen molar-refractivity contribution in [2.24, 2.45) is 0 Å². The molecule has 0 radical (unpaired) electrons. The summed E-state index contributed by atoms with van der Waals surface area (Å²) in [5, 5.41) is 29.4. The highest BCUT2D eigenvalue weighted by atomic mass is 16.5. The van der Waals surface area contributed by atoms with Crippen LogP contribution in [0.1, 0.15) is 29.3 Å². The van der Waals surface area contributed by atoms with E-state index in [4.69, 9.17) is 9.47 Å². The zero-order chi connectivity index (χ0) is 19.3. The standard InChI is InChI=1S/C19H18O7/c1-11-16(21)18(23)17(22)15(20)7-5-3-4-6-12-10-13(25-2)8-9-14(12)19(24)26-11/h3-6,8-10,21-23H,7H2,1-2H3/b5-3-,6-4-,16-11+,18-17-. The predicted octanol–water partition coefficient (Wildman–Crippen LogP) is 3.51. The third kappa shape index (κ3) is 4.13. The molecule has 7 nitrogen and oxygen atoms in total. The van der Waals surface area contributed by atoms with Crippen molar-refractivity contribution < 1.29 is 34.4 Å². The second kappa shape index (κ2) is 8.06. The molecule has 1 aromatic carbocycles. The molecule has 0 saturated carbocycles. The average molecular weight is 358 g/mol. The molecule has 136 valence electrons. The van der Waals surface area contributed by atoms with Gasteiger partial charge in [0.05, 0.1) is 12.7 Å². The second-order valence-electron chi connectivity index (χ2n) is 5.36. The maximum Gasteiger partial charge on any atom is 0.343 e. The van der Waals surface area contributed by atoms with Gasteiger partial charge in [0, 0.05) is 6.42 Å². The van der Waals surface area contributed by atoms with Crippen LogP contribution in [0.15, 0.2) is 59.5 Å². The van der Waals surface area contributed by atoms with Gasteiger partial charge in [-0.1, -0.05) is 24.3 Å². The fourth-order valence-corrected chi connectivity index (χ4v) is 2.15. The molecule has 0 amide bonds. The first kappa shape index (κ1) is 18.9. The largest absolute Gasteiger partial charge is 0.502 e. The van der Waals surface area contributed by atoms with Crippen LogP contribution in [0.2, 0.25) is 0 Å². The van der Waals surface area contributed by atoms with Gasteiger partial charge >= 0.3 is 5.97 Å². The molecule has 2 rings (SSSR count). The van der Waals surface area contributed by atoms with Crippen LogP contribution in [0.5, 0.6) is 5.75 Å². The van der Waals surface area contributed by atoms with Crippen LogP contribution >= 0.6 is 0 Å². The molecule has 0 saturated heterocycles. The normalized spacial score (nSPS) is 24.2. The number of fused-ring (bicyclic) bond motifs is 1. The van der Waals surface area contributed by atoms with E-state index in [0.29, 0.717) is 11.3 Å². The van der Waals surface area contributed by atoms with Crippen LogP contribution in [0.4, 0.5) is 0 Å². The fourth-order valence-electron chi connectivity index (χ4n) is 2.15. The number of carbonyl (C=O) groups excluding carboxylic acids is 2. The number of allylic oxidation sites excluding steroid dienone is 5. The van der Waals surface area contributed by atoms with Crippen molar-refractivity contribution >= 4 is 17.8 Å².